The zero-order valence-electron chi connectivity index (χ0n) is 8.85. The van der Waals surface area contributed by atoms with Crippen LogP contribution in [0.15, 0.2) is 22.7 Å². The van der Waals surface area contributed by atoms with Gasteiger partial charge in [0.25, 0.3) is 6.43 Å². The molecule has 0 aromatic heterocycles. The molecule has 0 spiro atoms. The highest BCUT2D eigenvalue weighted by atomic mass is 79.9. The minimum absolute atomic E-state index is 0.178. The first-order valence-corrected chi connectivity index (χ1v) is 6.26. The predicted molar refractivity (Wildman–Crippen MR) is 63.9 cm³/mol. The Morgan fingerprint density at radius 2 is 2.19 bits per heavy atom. The monoisotopic (exact) mass is 289 g/mol. The first kappa shape index (κ1) is 12.0. The third-order valence-corrected chi connectivity index (χ3v) is 3.51. The number of rotatable bonds is 2. The number of hydrogen-bond acceptors (Lipinski definition) is 1. The minimum Gasteiger partial charge on any atom is -0.316 e. The molecule has 1 fully saturated rings. The highest BCUT2D eigenvalue weighted by Crippen LogP contribution is 2.33. The molecule has 1 nitrogen and oxygen atoms in total. The Labute approximate surface area is 102 Å². The number of piperidine rings is 1. The molecule has 0 saturated carbocycles. The molecule has 1 unspecified atom stereocenters. The molecule has 0 radical (unpaired) electrons. The zero-order chi connectivity index (χ0) is 11.5. The maximum atomic E-state index is 12.9. The Bertz CT molecular complexity index is 362. The van der Waals surface area contributed by atoms with Crippen molar-refractivity contribution in [2.24, 2.45) is 0 Å². The number of alkyl halides is 2. The predicted octanol–water partition coefficient (Wildman–Crippen LogP) is 3.85. The third kappa shape index (κ3) is 2.61. The summed E-state index contributed by atoms with van der Waals surface area (Å²) in [5.41, 5.74) is 0.966. The standard InChI is InChI=1S/C12H14BrF2N/c13-9-3-4-10(12(14)15)11(6-9)8-2-1-5-16-7-8/h3-4,6,8,12,16H,1-2,5,7H2. The van der Waals surface area contributed by atoms with Crippen LogP contribution in [0, 0.1) is 0 Å². The van der Waals surface area contributed by atoms with Crippen molar-refractivity contribution in [3.63, 3.8) is 0 Å². The van der Waals surface area contributed by atoms with E-state index in [0.717, 1.165) is 36.0 Å². The van der Waals surface area contributed by atoms with Gasteiger partial charge in [0.15, 0.2) is 0 Å². The third-order valence-electron chi connectivity index (χ3n) is 3.02. The van der Waals surface area contributed by atoms with E-state index in [2.05, 4.69) is 21.2 Å². The molecule has 1 aromatic carbocycles. The number of hydrogen-bond donors (Lipinski definition) is 1. The van der Waals surface area contributed by atoms with Gasteiger partial charge in [0.1, 0.15) is 0 Å². The van der Waals surface area contributed by atoms with Crippen LogP contribution in [0.3, 0.4) is 0 Å². The lowest BCUT2D eigenvalue weighted by molar-refractivity contribution is 0.149. The summed E-state index contributed by atoms with van der Waals surface area (Å²) in [6.07, 6.45) is -0.340. The van der Waals surface area contributed by atoms with Crippen LogP contribution in [0.25, 0.3) is 0 Å². The Kier molecular flexibility index (Phi) is 3.92. The summed E-state index contributed by atoms with van der Waals surface area (Å²) in [6.45, 7) is 1.80. The fourth-order valence-electron chi connectivity index (χ4n) is 2.22. The van der Waals surface area contributed by atoms with E-state index in [-0.39, 0.29) is 11.5 Å². The van der Waals surface area contributed by atoms with E-state index in [1.165, 1.54) is 6.07 Å². The first-order valence-electron chi connectivity index (χ1n) is 5.46. The van der Waals surface area contributed by atoms with Gasteiger partial charge in [0.05, 0.1) is 0 Å². The fraction of sp³-hybridized carbons (Fsp3) is 0.500. The maximum Gasteiger partial charge on any atom is 0.264 e. The Morgan fingerprint density at radius 3 is 2.81 bits per heavy atom. The van der Waals surface area contributed by atoms with Crippen LogP contribution >= 0.6 is 15.9 Å². The summed E-state index contributed by atoms with van der Waals surface area (Å²) in [4.78, 5) is 0. The van der Waals surface area contributed by atoms with Crippen LogP contribution in [0.5, 0.6) is 0 Å². The van der Waals surface area contributed by atoms with Crippen LogP contribution in [-0.4, -0.2) is 13.1 Å². The van der Waals surface area contributed by atoms with Crippen molar-refractivity contribution in [2.45, 2.75) is 25.2 Å². The number of benzene rings is 1. The molecular weight excluding hydrogens is 276 g/mol. The van der Waals surface area contributed by atoms with Gasteiger partial charge in [-0.2, -0.15) is 0 Å². The van der Waals surface area contributed by atoms with E-state index in [4.69, 9.17) is 0 Å². The fourth-order valence-corrected chi connectivity index (χ4v) is 2.59. The van der Waals surface area contributed by atoms with Gasteiger partial charge in [0.2, 0.25) is 0 Å². The van der Waals surface area contributed by atoms with Crippen LogP contribution < -0.4 is 5.32 Å². The SMILES string of the molecule is FC(F)c1ccc(Br)cc1C1CCCNC1. The zero-order valence-corrected chi connectivity index (χ0v) is 10.4. The number of halogens is 3. The molecule has 4 heteroatoms. The highest BCUT2D eigenvalue weighted by molar-refractivity contribution is 9.10. The average Bonchev–Trinajstić information content (AvgIpc) is 2.29. The minimum atomic E-state index is -2.38. The second-order valence-electron chi connectivity index (χ2n) is 4.12. The van der Waals surface area contributed by atoms with E-state index >= 15 is 0 Å². The smallest absolute Gasteiger partial charge is 0.264 e. The Hall–Kier alpha value is -0.480. The topological polar surface area (TPSA) is 12.0 Å². The first-order chi connectivity index (χ1) is 7.68. The maximum absolute atomic E-state index is 12.9. The lowest BCUT2D eigenvalue weighted by atomic mass is 9.88. The van der Waals surface area contributed by atoms with Crippen LogP contribution in [-0.2, 0) is 0 Å². The molecule has 1 heterocycles. The Morgan fingerprint density at radius 1 is 1.38 bits per heavy atom. The highest BCUT2D eigenvalue weighted by Gasteiger charge is 2.22. The summed E-state index contributed by atoms with van der Waals surface area (Å²) in [5.74, 6) is 0.218. The van der Waals surface area contributed by atoms with Crippen molar-refractivity contribution in [3.8, 4) is 0 Å². The summed E-state index contributed by atoms with van der Waals surface area (Å²) < 4.78 is 26.6. The van der Waals surface area contributed by atoms with Crippen molar-refractivity contribution in [2.75, 3.05) is 13.1 Å². The Balaban J connectivity index is 2.32. The molecule has 2 rings (SSSR count). The summed E-state index contributed by atoms with van der Waals surface area (Å²) >= 11 is 3.35. The molecule has 1 atom stereocenters. The van der Waals surface area contributed by atoms with Crippen LogP contribution in [0.1, 0.15) is 36.3 Å². The van der Waals surface area contributed by atoms with Gasteiger partial charge >= 0.3 is 0 Å². The van der Waals surface area contributed by atoms with Crippen molar-refractivity contribution < 1.29 is 8.78 Å². The molecule has 0 bridgehead atoms. The van der Waals surface area contributed by atoms with Crippen LogP contribution in [0.2, 0.25) is 0 Å². The molecule has 88 valence electrons. The molecule has 0 aliphatic carbocycles. The quantitative estimate of drug-likeness (QED) is 0.872. The van der Waals surface area contributed by atoms with Gasteiger partial charge in [0, 0.05) is 16.6 Å². The van der Waals surface area contributed by atoms with Crippen molar-refractivity contribution in [1.82, 2.24) is 5.32 Å². The lowest BCUT2D eigenvalue weighted by Gasteiger charge is -2.25. The molecule has 1 aromatic rings. The van der Waals surface area contributed by atoms with Gasteiger partial charge in [-0.05, 0) is 43.0 Å². The molecule has 1 aliphatic rings. The lowest BCUT2D eigenvalue weighted by Crippen LogP contribution is -2.28. The molecule has 1 saturated heterocycles. The molecule has 16 heavy (non-hydrogen) atoms. The van der Waals surface area contributed by atoms with E-state index < -0.39 is 6.43 Å². The largest absolute Gasteiger partial charge is 0.316 e. The second-order valence-corrected chi connectivity index (χ2v) is 5.03. The second kappa shape index (κ2) is 5.23. The van der Waals surface area contributed by atoms with Gasteiger partial charge < -0.3 is 5.32 Å². The normalized spacial score (nSPS) is 21.4. The van der Waals surface area contributed by atoms with Gasteiger partial charge in [-0.15, -0.1) is 0 Å². The van der Waals surface area contributed by atoms with Crippen molar-refractivity contribution in [3.05, 3.63) is 33.8 Å². The van der Waals surface area contributed by atoms with E-state index in [1.807, 2.05) is 6.07 Å². The molecule has 1 N–H and O–H groups in total. The van der Waals surface area contributed by atoms with Gasteiger partial charge in [-0.25, -0.2) is 8.78 Å². The average molecular weight is 290 g/mol. The van der Waals surface area contributed by atoms with Crippen molar-refractivity contribution in [1.29, 1.82) is 0 Å². The molecule has 0 amide bonds. The molecule has 1 aliphatic heterocycles. The molecular formula is C12H14BrF2N. The van der Waals surface area contributed by atoms with Gasteiger partial charge in [-0.3, -0.25) is 0 Å². The summed E-state index contributed by atoms with van der Waals surface area (Å²) in [7, 11) is 0. The number of nitrogens with one attached hydrogen (secondary N) is 1. The van der Waals surface area contributed by atoms with Crippen molar-refractivity contribution >= 4 is 15.9 Å². The van der Waals surface area contributed by atoms with Crippen LogP contribution in [0.4, 0.5) is 8.78 Å². The van der Waals surface area contributed by atoms with Gasteiger partial charge in [-0.1, -0.05) is 22.0 Å². The van der Waals surface area contributed by atoms with E-state index in [0.29, 0.717) is 0 Å². The summed E-state index contributed by atoms with van der Waals surface area (Å²) in [5, 5.41) is 3.26. The van der Waals surface area contributed by atoms with E-state index in [1.54, 1.807) is 6.07 Å². The summed E-state index contributed by atoms with van der Waals surface area (Å²) in [6, 6.07) is 5.04. The van der Waals surface area contributed by atoms with E-state index in [9.17, 15) is 8.78 Å².